The molecule has 0 aliphatic heterocycles. The van der Waals surface area contributed by atoms with E-state index in [-0.39, 0.29) is 13.4 Å². The molecule has 0 spiro atoms. The molecule has 0 aromatic heterocycles. The molecule has 0 unspecified atom stereocenters. The first-order valence-electron chi connectivity index (χ1n) is 11.6. The van der Waals surface area contributed by atoms with E-state index in [2.05, 4.69) is 15.5 Å². The Balaban J connectivity index is -0.0000000530. The molecule has 204 valence electrons. The summed E-state index contributed by atoms with van der Waals surface area (Å²) < 4.78 is 4.26. The van der Waals surface area contributed by atoms with Crippen LogP contribution in [0.25, 0.3) is 0 Å². The van der Waals surface area contributed by atoms with Gasteiger partial charge in [-0.2, -0.15) is 5.26 Å². The van der Waals surface area contributed by atoms with Crippen molar-refractivity contribution < 1.29 is 9.53 Å². The normalized spacial score (nSPS) is 6.83. The third kappa shape index (κ3) is 90.5. The number of esters is 1. The standard InChI is InChI=1S/2C6H6.C4H10N2.C4H8O2.C3H5N.2C2H6.CH5N.CH4/c2*1-2-4-6-5-3-1;1-5-4-6(2)3;1-3-4(5)6-2;1-2-3-4;3*1-2;/h2*1-6H;4H,1-3H3;3H2,1-2H3;2H2,1H3;2*1-2H3;2H2,1H3;1H4. The van der Waals surface area contributed by atoms with Crippen LogP contribution in [0.3, 0.4) is 0 Å². The molecule has 2 rings (SSSR count). The Morgan fingerprint density at radius 1 is 0.857 bits per heavy atom. The lowest BCUT2D eigenvalue weighted by Crippen LogP contribution is -2.06. The highest BCUT2D eigenvalue weighted by Crippen LogP contribution is 1.80. The minimum absolute atomic E-state index is 0. The maximum Gasteiger partial charge on any atom is 0.305 e. The number of carbonyl (C=O) groups is 1. The first kappa shape index (κ1) is 49.1. The van der Waals surface area contributed by atoms with Crippen molar-refractivity contribution in [2.75, 3.05) is 35.3 Å². The summed E-state index contributed by atoms with van der Waals surface area (Å²) in [5.74, 6) is -0.157. The zero-order valence-corrected chi connectivity index (χ0v) is 23.7. The third-order valence-corrected chi connectivity index (χ3v) is 2.35. The highest BCUT2D eigenvalue weighted by atomic mass is 16.5. The Bertz CT molecular complexity index is 494. The van der Waals surface area contributed by atoms with Crippen molar-refractivity contribution in [1.29, 1.82) is 5.26 Å². The number of carbonyl (C=O) groups excluding carboxylic acids is 1. The molecule has 0 atom stereocenters. The van der Waals surface area contributed by atoms with Crippen molar-refractivity contribution in [2.45, 2.75) is 61.8 Å². The van der Waals surface area contributed by atoms with Crippen LogP contribution in [-0.4, -0.2) is 52.5 Å². The number of nitrogens with two attached hydrogens (primary N) is 1. The molecule has 6 nitrogen and oxygen atoms in total. The van der Waals surface area contributed by atoms with Gasteiger partial charge in [0.2, 0.25) is 0 Å². The second-order valence-electron chi connectivity index (χ2n) is 5.09. The van der Waals surface area contributed by atoms with Gasteiger partial charge in [0.1, 0.15) is 0 Å². The van der Waals surface area contributed by atoms with Crippen LogP contribution >= 0.6 is 0 Å². The highest BCUT2D eigenvalue weighted by molar-refractivity contribution is 5.68. The van der Waals surface area contributed by atoms with Crippen LogP contribution in [0, 0.1) is 11.3 Å². The molecule has 2 aromatic rings. The fourth-order valence-corrected chi connectivity index (χ4v) is 1.15. The Morgan fingerprint density at radius 3 is 1.11 bits per heavy atom. The summed E-state index contributed by atoms with van der Waals surface area (Å²) in [6, 6.07) is 25.9. The molecule has 0 aliphatic carbocycles. The fourth-order valence-electron chi connectivity index (χ4n) is 1.15. The van der Waals surface area contributed by atoms with E-state index in [1.807, 2.05) is 132 Å². The lowest BCUT2D eigenvalue weighted by molar-refractivity contribution is -0.140. The van der Waals surface area contributed by atoms with E-state index in [0.717, 1.165) is 0 Å². The van der Waals surface area contributed by atoms with E-state index in [0.29, 0.717) is 12.8 Å². The number of methoxy groups -OCH3 is 1. The summed E-state index contributed by atoms with van der Waals surface area (Å²) in [7, 11) is 8.51. The van der Waals surface area contributed by atoms with Crippen molar-refractivity contribution in [3.63, 3.8) is 0 Å². The Hall–Kier alpha value is -3.17. The quantitative estimate of drug-likeness (QED) is 0.269. The molecule has 6 heteroatoms. The first-order chi connectivity index (χ1) is 16.5. The lowest BCUT2D eigenvalue weighted by Gasteiger charge is -1.98. The van der Waals surface area contributed by atoms with Gasteiger partial charge in [0.25, 0.3) is 0 Å². The zero-order chi connectivity index (χ0) is 27.9. The summed E-state index contributed by atoms with van der Waals surface area (Å²) in [6.45, 7) is 11.6. The van der Waals surface area contributed by atoms with E-state index in [9.17, 15) is 4.79 Å². The van der Waals surface area contributed by atoms with Crippen LogP contribution in [0.1, 0.15) is 61.8 Å². The van der Waals surface area contributed by atoms with E-state index >= 15 is 0 Å². The predicted octanol–water partition coefficient (Wildman–Crippen LogP) is 7.33. The minimum Gasteiger partial charge on any atom is -0.469 e. The second kappa shape index (κ2) is 63.2. The molecule has 0 heterocycles. The average Bonchev–Trinajstić information content (AvgIpc) is 2.94. The third-order valence-electron chi connectivity index (χ3n) is 2.35. The number of aliphatic imine (C=N–C) groups is 1. The van der Waals surface area contributed by atoms with Gasteiger partial charge >= 0.3 is 5.97 Å². The number of ether oxygens (including phenoxy) is 1. The van der Waals surface area contributed by atoms with Gasteiger partial charge in [-0.3, -0.25) is 9.79 Å². The number of nitriles is 1. The molecule has 0 saturated heterocycles. The van der Waals surface area contributed by atoms with Gasteiger partial charge in [0.15, 0.2) is 0 Å². The summed E-state index contributed by atoms with van der Waals surface area (Å²) in [5, 5.41) is 7.62. The van der Waals surface area contributed by atoms with Gasteiger partial charge in [-0.25, -0.2) is 0 Å². The summed E-state index contributed by atoms with van der Waals surface area (Å²) in [6.07, 6.45) is 2.84. The molecular formula is C29H56N4O2. The number of nitrogens with zero attached hydrogens (tertiary/aromatic N) is 3. The first-order valence-corrected chi connectivity index (χ1v) is 11.6. The Kier molecular flexibility index (Phi) is 88.6. The fraction of sp³-hybridized carbons (Fsp3) is 0.483. The molecule has 2 aromatic carbocycles. The van der Waals surface area contributed by atoms with Gasteiger partial charge < -0.3 is 15.4 Å². The molecule has 2 N–H and O–H groups in total. The van der Waals surface area contributed by atoms with Gasteiger partial charge in [-0.1, -0.05) is 122 Å². The van der Waals surface area contributed by atoms with Crippen LogP contribution in [0.4, 0.5) is 0 Å². The van der Waals surface area contributed by atoms with Crippen LogP contribution in [0.2, 0.25) is 0 Å². The van der Waals surface area contributed by atoms with Crippen molar-refractivity contribution in [2.24, 2.45) is 10.7 Å². The highest BCUT2D eigenvalue weighted by Gasteiger charge is 1.87. The molecular weight excluding hydrogens is 436 g/mol. The average molecular weight is 493 g/mol. The Morgan fingerprint density at radius 2 is 1.09 bits per heavy atom. The molecule has 0 aliphatic rings. The maximum absolute atomic E-state index is 9.96. The van der Waals surface area contributed by atoms with Crippen LogP contribution in [-0.2, 0) is 9.53 Å². The molecule has 0 radical (unpaired) electrons. The number of hydrogen-bond acceptors (Lipinski definition) is 5. The van der Waals surface area contributed by atoms with Gasteiger partial charge in [-0.05, 0) is 7.05 Å². The van der Waals surface area contributed by atoms with Crippen LogP contribution in [0.15, 0.2) is 77.8 Å². The summed E-state index contributed by atoms with van der Waals surface area (Å²) >= 11 is 0. The molecule has 0 bridgehead atoms. The summed E-state index contributed by atoms with van der Waals surface area (Å²) in [5.41, 5.74) is 4.50. The predicted molar refractivity (Wildman–Crippen MR) is 159 cm³/mol. The maximum atomic E-state index is 9.96. The SMILES string of the molecule is C.CC.CC.CCC#N.CCC(=O)OC.CN.CN=CN(C)C.c1ccccc1.c1ccccc1. The number of rotatable bonds is 2. The smallest absolute Gasteiger partial charge is 0.305 e. The van der Waals surface area contributed by atoms with Crippen molar-refractivity contribution in [3.05, 3.63) is 72.8 Å². The van der Waals surface area contributed by atoms with E-state index in [1.165, 1.54) is 14.2 Å². The van der Waals surface area contributed by atoms with Crippen LogP contribution < -0.4 is 5.73 Å². The van der Waals surface area contributed by atoms with E-state index < -0.39 is 0 Å². The van der Waals surface area contributed by atoms with Gasteiger partial charge in [0.05, 0.1) is 19.5 Å². The van der Waals surface area contributed by atoms with Crippen molar-refractivity contribution in [3.8, 4) is 6.07 Å². The molecule has 0 saturated carbocycles. The summed E-state index contributed by atoms with van der Waals surface area (Å²) in [4.78, 5) is 15.6. The monoisotopic (exact) mass is 492 g/mol. The van der Waals surface area contributed by atoms with Crippen molar-refractivity contribution in [1.82, 2.24) is 4.90 Å². The second-order valence-corrected chi connectivity index (χ2v) is 5.09. The zero-order valence-electron chi connectivity index (χ0n) is 23.7. The lowest BCUT2D eigenvalue weighted by atomic mass is 10.4. The van der Waals surface area contributed by atoms with Crippen LogP contribution in [0.5, 0.6) is 0 Å². The van der Waals surface area contributed by atoms with Gasteiger partial charge in [-0.15, -0.1) is 0 Å². The number of benzene rings is 2. The minimum atomic E-state index is -0.157. The molecule has 35 heavy (non-hydrogen) atoms. The topological polar surface area (TPSA) is 91.7 Å². The molecule has 0 amide bonds. The largest absolute Gasteiger partial charge is 0.469 e. The van der Waals surface area contributed by atoms with Crippen molar-refractivity contribution >= 4 is 12.3 Å². The van der Waals surface area contributed by atoms with E-state index in [1.54, 1.807) is 20.3 Å². The van der Waals surface area contributed by atoms with Gasteiger partial charge in [0, 0.05) is 34.0 Å². The van der Waals surface area contributed by atoms with E-state index in [4.69, 9.17) is 5.26 Å². The molecule has 0 fully saturated rings. The number of hydrogen-bond donors (Lipinski definition) is 1. The Labute approximate surface area is 218 Å².